The SMILES string of the molecule is CCC(C)CC(CC)N(C(=O)C(Cl)Cl)c1ccc(Nc2ccccc2)cc1. The lowest BCUT2D eigenvalue weighted by atomic mass is 9.96. The van der Waals surface area contributed by atoms with E-state index in [-0.39, 0.29) is 11.9 Å². The molecule has 2 atom stereocenters. The van der Waals surface area contributed by atoms with Gasteiger partial charge in [0.15, 0.2) is 4.84 Å². The molecule has 0 saturated heterocycles. The van der Waals surface area contributed by atoms with Crippen molar-refractivity contribution in [2.45, 2.75) is 50.9 Å². The largest absolute Gasteiger partial charge is 0.356 e. The Balaban J connectivity index is 2.25. The Kier molecular flexibility index (Phi) is 8.46. The van der Waals surface area contributed by atoms with E-state index in [0.29, 0.717) is 5.92 Å². The first-order valence-corrected chi connectivity index (χ1v) is 10.4. The van der Waals surface area contributed by atoms with Crippen LogP contribution in [0.15, 0.2) is 54.6 Å². The Bertz CT molecular complexity index is 704. The van der Waals surface area contributed by atoms with Crippen molar-refractivity contribution in [3.05, 3.63) is 54.6 Å². The van der Waals surface area contributed by atoms with Gasteiger partial charge in [-0.1, -0.05) is 68.6 Å². The fraction of sp³-hybridized carbons (Fsp3) is 0.409. The molecule has 0 aliphatic heterocycles. The molecule has 0 aromatic heterocycles. The maximum absolute atomic E-state index is 12.7. The maximum Gasteiger partial charge on any atom is 0.260 e. The lowest BCUT2D eigenvalue weighted by molar-refractivity contribution is -0.117. The van der Waals surface area contributed by atoms with Gasteiger partial charge in [0.25, 0.3) is 5.91 Å². The lowest BCUT2D eigenvalue weighted by Gasteiger charge is -2.33. The van der Waals surface area contributed by atoms with Crippen molar-refractivity contribution in [2.75, 3.05) is 10.2 Å². The highest BCUT2D eigenvalue weighted by atomic mass is 35.5. The van der Waals surface area contributed by atoms with E-state index in [9.17, 15) is 4.79 Å². The molecule has 0 aliphatic rings. The van der Waals surface area contributed by atoms with Gasteiger partial charge in [0.05, 0.1) is 0 Å². The van der Waals surface area contributed by atoms with Crippen molar-refractivity contribution in [1.82, 2.24) is 0 Å². The third-order valence-corrected chi connectivity index (χ3v) is 5.21. The van der Waals surface area contributed by atoms with Crippen LogP contribution in [0, 0.1) is 5.92 Å². The molecular weight excluding hydrogens is 379 g/mol. The minimum absolute atomic E-state index is 0.0698. The molecule has 0 aliphatic carbocycles. The van der Waals surface area contributed by atoms with Crippen LogP contribution in [0.25, 0.3) is 0 Å². The minimum atomic E-state index is -1.07. The summed E-state index contributed by atoms with van der Waals surface area (Å²) in [6.45, 7) is 6.46. The predicted octanol–water partition coefficient (Wildman–Crippen LogP) is 6.78. The van der Waals surface area contributed by atoms with E-state index in [0.717, 1.165) is 36.3 Å². The summed E-state index contributed by atoms with van der Waals surface area (Å²) >= 11 is 11.9. The minimum Gasteiger partial charge on any atom is -0.356 e. The molecule has 5 heteroatoms. The quantitative estimate of drug-likeness (QED) is 0.465. The molecule has 3 nitrogen and oxygen atoms in total. The van der Waals surface area contributed by atoms with Crippen molar-refractivity contribution in [3.63, 3.8) is 0 Å². The van der Waals surface area contributed by atoms with Crippen LogP contribution in [-0.2, 0) is 4.79 Å². The first kappa shape index (κ1) is 21.6. The first-order chi connectivity index (χ1) is 13.0. The molecule has 0 saturated carbocycles. The van der Waals surface area contributed by atoms with Crippen LogP contribution in [0.1, 0.15) is 40.0 Å². The summed E-state index contributed by atoms with van der Waals surface area (Å²) in [4.78, 5) is 13.4. The van der Waals surface area contributed by atoms with Crippen molar-refractivity contribution in [2.24, 2.45) is 5.92 Å². The molecule has 0 radical (unpaired) electrons. The van der Waals surface area contributed by atoms with Crippen LogP contribution in [0.2, 0.25) is 0 Å². The number of anilines is 3. The zero-order chi connectivity index (χ0) is 19.8. The third kappa shape index (κ3) is 6.15. The fourth-order valence-corrected chi connectivity index (χ4v) is 3.31. The molecule has 2 rings (SSSR count). The Hall–Kier alpha value is -1.71. The topological polar surface area (TPSA) is 32.3 Å². The van der Waals surface area contributed by atoms with E-state index in [1.807, 2.05) is 54.6 Å². The van der Waals surface area contributed by atoms with Crippen molar-refractivity contribution in [1.29, 1.82) is 0 Å². The zero-order valence-electron chi connectivity index (χ0n) is 16.2. The van der Waals surface area contributed by atoms with Crippen LogP contribution in [-0.4, -0.2) is 16.8 Å². The van der Waals surface area contributed by atoms with Crippen LogP contribution in [0.5, 0.6) is 0 Å². The first-order valence-electron chi connectivity index (χ1n) is 9.49. The molecule has 146 valence electrons. The number of alkyl halides is 2. The highest BCUT2D eigenvalue weighted by Gasteiger charge is 2.29. The molecule has 0 heterocycles. The molecule has 1 N–H and O–H groups in total. The summed E-state index contributed by atoms with van der Waals surface area (Å²) in [6.07, 6.45) is 2.84. The number of carbonyl (C=O) groups is 1. The number of benzene rings is 2. The number of nitrogens with zero attached hydrogens (tertiary/aromatic N) is 1. The van der Waals surface area contributed by atoms with Gasteiger partial charge in [-0.25, -0.2) is 0 Å². The highest BCUT2D eigenvalue weighted by molar-refractivity contribution is 6.54. The Morgan fingerprint density at radius 1 is 0.963 bits per heavy atom. The molecule has 0 fully saturated rings. The third-order valence-electron chi connectivity index (χ3n) is 4.84. The second kappa shape index (κ2) is 10.6. The number of halogens is 2. The standard InChI is InChI=1S/C22H28Cl2N2O/c1-4-16(3)15-19(5-2)26(22(27)21(23)24)20-13-11-18(12-14-20)25-17-9-7-6-8-10-17/h6-14,16,19,21,25H,4-5,15H2,1-3H3. The number of carbonyl (C=O) groups excluding carboxylic acids is 1. The van der Waals surface area contributed by atoms with Crippen molar-refractivity contribution >= 4 is 46.2 Å². The Morgan fingerprint density at radius 3 is 2.07 bits per heavy atom. The molecular formula is C22H28Cl2N2O. The summed E-state index contributed by atoms with van der Waals surface area (Å²) in [5.74, 6) is 0.255. The van der Waals surface area contributed by atoms with Gasteiger partial charge in [-0.3, -0.25) is 4.79 Å². The fourth-order valence-electron chi connectivity index (χ4n) is 3.10. The van der Waals surface area contributed by atoms with Gasteiger partial charge < -0.3 is 10.2 Å². The number of nitrogens with one attached hydrogen (secondary N) is 1. The predicted molar refractivity (Wildman–Crippen MR) is 117 cm³/mol. The molecule has 2 aromatic rings. The zero-order valence-corrected chi connectivity index (χ0v) is 17.7. The van der Waals surface area contributed by atoms with Crippen LogP contribution in [0.3, 0.4) is 0 Å². The number of rotatable bonds is 9. The average Bonchev–Trinajstić information content (AvgIpc) is 2.69. The monoisotopic (exact) mass is 406 g/mol. The normalized spacial score (nSPS) is 13.3. The molecule has 2 aromatic carbocycles. The smallest absolute Gasteiger partial charge is 0.260 e. The number of para-hydroxylation sites is 1. The van der Waals surface area contributed by atoms with Crippen molar-refractivity contribution < 1.29 is 4.79 Å². The van der Waals surface area contributed by atoms with Gasteiger partial charge in [-0.2, -0.15) is 0 Å². The van der Waals surface area contributed by atoms with Gasteiger partial charge in [0, 0.05) is 23.1 Å². The second-order valence-electron chi connectivity index (χ2n) is 6.86. The van der Waals surface area contributed by atoms with Crippen LogP contribution in [0.4, 0.5) is 17.1 Å². The van der Waals surface area contributed by atoms with E-state index in [1.54, 1.807) is 4.90 Å². The summed E-state index contributed by atoms with van der Waals surface area (Å²) in [5.41, 5.74) is 2.80. The highest BCUT2D eigenvalue weighted by Crippen LogP contribution is 2.28. The van der Waals surface area contributed by atoms with E-state index in [2.05, 4.69) is 26.1 Å². The van der Waals surface area contributed by atoms with E-state index >= 15 is 0 Å². The van der Waals surface area contributed by atoms with Crippen LogP contribution >= 0.6 is 23.2 Å². The van der Waals surface area contributed by atoms with E-state index < -0.39 is 4.84 Å². The van der Waals surface area contributed by atoms with E-state index in [1.165, 1.54) is 0 Å². The molecule has 27 heavy (non-hydrogen) atoms. The number of amides is 1. The molecule has 1 amide bonds. The summed E-state index contributed by atoms with van der Waals surface area (Å²) in [5, 5.41) is 3.35. The molecule has 0 spiro atoms. The van der Waals surface area contributed by atoms with Crippen LogP contribution < -0.4 is 10.2 Å². The molecule has 0 bridgehead atoms. The lowest BCUT2D eigenvalue weighted by Crippen LogP contribution is -2.43. The van der Waals surface area contributed by atoms with Gasteiger partial charge in [-0.05, 0) is 55.2 Å². The van der Waals surface area contributed by atoms with Crippen molar-refractivity contribution in [3.8, 4) is 0 Å². The van der Waals surface area contributed by atoms with Gasteiger partial charge in [0.2, 0.25) is 0 Å². The summed E-state index contributed by atoms with van der Waals surface area (Å²) in [7, 11) is 0. The average molecular weight is 407 g/mol. The maximum atomic E-state index is 12.7. The van der Waals surface area contributed by atoms with Gasteiger partial charge in [-0.15, -0.1) is 0 Å². The number of hydrogen-bond donors (Lipinski definition) is 1. The summed E-state index contributed by atoms with van der Waals surface area (Å²) < 4.78 is 0. The Morgan fingerprint density at radius 2 is 1.56 bits per heavy atom. The summed E-state index contributed by atoms with van der Waals surface area (Å²) in [6, 6.07) is 17.9. The van der Waals surface area contributed by atoms with Gasteiger partial charge in [0.1, 0.15) is 0 Å². The number of hydrogen-bond acceptors (Lipinski definition) is 2. The second-order valence-corrected chi connectivity index (χ2v) is 7.95. The van der Waals surface area contributed by atoms with Gasteiger partial charge >= 0.3 is 0 Å². The molecule has 2 unspecified atom stereocenters. The Labute approximate surface area is 172 Å². The van der Waals surface area contributed by atoms with E-state index in [4.69, 9.17) is 23.2 Å².